The Balaban J connectivity index is 1.60. The van der Waals surface area contributed by atoms with E-state index in [2.05, 4.69) is 130 Å². The Bertz CT molecular complexity index is 1470. The van der Waals surface area contributed by atoms with Gasteiger partial charge in [0.15, 0.2) is 0 Å². The highest BCUT2D eigenvalue weighted by Crippen LogP contribution is 2.46. The summed E-state index contributed by atoms with van der Waals surface area (Å²) in [7, 11) is -1.16. The van der Waals surface area contributed by atoms with E-state index < -0.39 is 8.32 Å². The molecule has 0 bridgehead atoms. The molecule has 0 N–H and O–H groups in total. The monoisotopic (exact) mass is 551 g/mol. The van der Waals surface area contributed by atoms with Gasteiger partial charge in [-0.25, -0.2) is 4.79 Å². The van der Waals surface area contributed by atoms with Crippen molar-refractivity contribution in [2.45, 2.75) is 64.5 Å². The Labute approximate surface area is 239 Å². The van der Waals surface area contributed by atoms with Crippen LogP contribution in [0.1, 0.15) is 64.3 Å². The zero-order valence-corrected chi connectivity index (χ0v) is 25.6. The smallest absolute Gasteiger partial charge is 0.328 e. The van der Waals surface area contributed by atoms with E-state index in [0.717, 1.165) is 18.4 Å². The number of carbonyl (C=O) groups is 1. The van der Waals surface area contributed by atoms with Crippen molar-refractivity contribution in [3.63, 3.8) is 0 Å². The maximum absolute atomic E-state index is 12.9. The highest BCUT2D eigenvalue weighted by atomic mass is 28.4. The first-order valence-corrected chi connectivity index (χ1v) is 16.2. The number of benzene rings is 3. The number of methoxy groups -OCH3 is 1. The molecular weight excluding hydrogens is 510 g/mol. The zero-order valence-electron chi connectivity index (χ0n) is 24.6. The number of aromatic nitrogens is 1. The molecule has 1 aromatic heterocycles. The Morgan fingerprint density at radius 2 is 1.50 bits per heavy atom. The first kappa shape index (κ1) is 28.1. The largest absolute Gasteiger partial charge is 0.467 e. The average Bonchev–Trinajstić information content (AvgIpc) is 3.47. The number of para-hydroxylation sites is 1. The second kappa shape index (κ2) is 11.2. The van der Waals surface area contributed by atoms with E-state index in [1.165, 1.54) is 39.7 Å². The lowest BCUT2D eigenvalue weighted by atomic mass is 9.94. The molecule has 0 radical (unpaired) electrons. The van der Waals surface area contributed by atoms with Gasteiger partial charge in [0.25, 0.3) is 8.32 Å². The summed E-state index contributed by atoms with van der Waals surface area (Å²) in [6, 6.07) is 29.8. The third-order valence-electron chi connectivity index (χ3n) is 8.29. The molecule has 40 heavy (non-hydrogen) atoms. The number of carbonyl (C=O) groups excluding carboxylic acids is 1. The summed E-state index contributed by atoms with van der Waals surface area (Å²) in [5.74, 6) is -0.0221. The molecule has 0 saturated carbocycles. The fourth-order valence-electron chi connectivity index (χ4n) is 6.77. The molecule has 0 spiro atoms. The highest BCUT2D eigenvalue weighted by molar-refractivity contribution is 6.99. The minimum Gasteiger partial charge on any atom is -0.467 e. The van der Waals surface area contributed by atoms with Crippen LogP contribution in [0.5, 0.6) is 0 Å². The molecule has 4 aromatic rings. The quantitative estimate of drug-likeness (QED) is 0.135. The lowest BCUT2D eigenvalue weighted by Crippen LogP contribution is -2.66. The molecule has 3 aromatic carbocycles. The van der Waals surface area contributed by atoms with Crippen molar-refractivity contribution in [3.05, 3.63) is 108 Å². The van der Waals surface area contributed by atoms with E-state index >= 15 is 0 Å². The van der Waals surface area contributed by atoms with Crippen LogP contribution < -0.4 is 10.4 Å². The van der Waals surface area contributed by atoms with Crippen LogP contribution in [-0.2, 0) is 20.4 Å². The average molecular weight is 552 g/mol. The molecule has 1 aliphatic rings. The molecule has 0 aliphatic carbocycles. The van der Waals surface area contributed by atoms with E-state index in [1.807, 2.05) is 0 Å². The van der Waals surface area contributed by atoms with Crippen LogP contribution in [0.25, 0.3) is 10.9 Å². The molecule has 5 heteroatoms. The van der Waals surface area contributed by atoms with Crippen LogP contribution in [-0.4, -0.2) is 32.6 Å². The van der Waals surface area contributed by atoms with E-state index in [-0.39, 0.29) is 23.0 Å². The Morgan fingerprint density at radius 3 is 2.05 bits per heavy atom. The fraction of sp³-hybridized carbons (Fsp3) is 0.343. The van der Waals surface area contributed by atoms with Crippen molar-refractivity contribution in [1.29, 1.82) is 0 Å². The van der Waals surface area contributed by atoms with Gasteiger partial charge in [-0.1, -0.05) is 111 Å². The summed E-state index contributed by atoms with van der Waals surface area (Å²) in [6.45, 7) is 11.8. The number of nitrogens with zero attached hydrogens (tertiary/aromatic N) is 1. The van der Waals surface area contributed by atoms with Gasteiger partial charge in [0.1, 0.15) is 6.04 Å². The topological polar surface area (TPSA) is 40.5 Å². The predicted octanol–water partition coefficient (Wildman–Crippen LogP) is 6.93. The summed E-state index contributed by atoms with van der Waals surface area (Å²) in [4.78, 5) is 12.9. The molecule has 4 nitrogen and oxygen atoms in total. The summed E-state index contributed by atoms with van der Waals surface area (Å²) < 4.78 is 14.8. The Morgan fingerprint density at radius 1 is 0.925 bits per heavy atom. The molecule has 2 atom stereocenters. The molecule has 5 rings (SSSR count). The SMILES string of the molecule is COC(=O)[C@@H]1C[C@@H](C=C(C)C)c2c(CCO[Si](c3ccccc3)(c3ccccc3)C(C)(C)C)c3ccccc3n21. The normalized spacial score (nSPS) is 17.1. The molecule has 208 valence electrons. The zero-order chi connectivity index (χ0) is 28.5. The van der Waals surface area contributed by atoms with Crippen molar-refractivity contribution in [2.24, 2.45) is 0 Å². The first-order valence-electron chi connectivity index (χ1n) is 14.3. The number of allylic oxidation sites excluding steroid dienone is 2. The van der Waals surface area contributed by atoms with Crippen molar-refractivity contribution >= 4 is 35.6 Å². The molecule has 0 fully saturated rings. The van der Waals surface area contributed by atoms with Gasteiger partial charge < -0.3 is 13.7 Å². The van der Waals surface area contributed by atoms with Crippen LogP contribution in [0, 0.1) is 0 Å². The van der Waals surface area contributed by atoms with Crippen molar-refractivity contribution in [3.8, 4) is 0 Å². The van der Waals surface area contributed by atoms with Gasteiger partial charge in [-0.2, -0.15) is 0 Å². The number of hydrogen-bond donors (Lipinski definition) is 0. The number of hydrogen-bond acceptors (Lipinski definition) is 3. The Hall–Kier alpha value is -3.41. The first-order chi connectivity index (χ1) is 19.2. The fourth-order valence-corrected chi connectivity index (χ4v) is 11.3. The van der Waals surface area contributed by atoms with Crippen molar-refractivity contribution in [1.82, 2.24) is 4.57 Å². The third kappa shape index (κ3) is 4.86. The summed E-state index contributed by atoms with van der Waals surface area (Å²) in [5, 5.41) is 3.69. The van der Waals surface area contributed by atoms with Gasteiger partial charge in [0.2, 0.25) is 0 Å². The molecular formula is C35H41NO3Si. The minimum absolute atomic E-state index is 0.0823. The lowest BCUT2D eigenvalue weighted by molar-refractivity contribution is -0.144. The van der Waals surface area contributed by atoms with Gasteiger partial charge in [0, 0.05) is 29.1 Å². The number of fused-ring (bicyclic) bond motifs is 3. The second-order valence-electron chi connectivity index (χ2n) is 12.1. The van der Waals surface area contributed by atoms with Crippen LogP contribution in [0.4, 0.5) is 0 Å². The lowest BCUT2D eigenvalue weighted by Gasteiger charge is -2.43. The van der Waals surface area contributed by atoms with Crippen LogP contribution in [0.3, 0.4) is 0 Å². The third-order valence-corrected chi connectivity index (χ3v) is 13.3. The number of rotatable bonds is 8. The molecule has 1 aliphatic heterocycles. The maximum atomic E-state index is 12.9. The number of esters is 1. The number of ether oxygens (including phenoxy) is 1. The van der Waals surface area contributed by atoms with Crippen LogP contribution >= 0.6 is 0 Å². The van der Waals surface area contributed by atoms with Gasteiger partial charge in [0.05, 0.1) is 7.11 Å². The Kier molecular flexibility index (Phi) is 7.89. The summed E-state index contributed by atoms with van der Waals surface area (Å²) >= 11 is 0. The van der Waals surface area contributed by atoms with E-state index in [1.54, 1.807) is 0 Å². The second-order valence-corrected chi connectivity index (χ2v) is 16.4. The minimum atomic E-state index is -2.65. The molecule has 0 saturated heterocycles. The van der Waals surface area contributed by atoms with Crippen molar-refractivity contribution in [2.75, 3.05) is 13.7 Å². The van der Waals surface area contributed by atoms with Crippen LogP contribution in [0.2, 0.25) is 5.04 Å². The van der Waals surface area contributed by atoms with E-state index in [4.69, 9.17) is 9.16 Å². The van der Waals surface area contributed by atoms with Crippen LogP contribution in [0.15, 0.2) is 96.6 Å². The van der Waals surface area contributed by atoms with Crippen molar-refractivity contribution < 1.29 is 14.0 Å². The summed E-state index contributed by atoms with van der Waals surface area (Å²) in [6.07, 6.45) is 3.80. The van der Waals surface area contributed by atoms with E-state index in [0.29, 0.717) is 6.61 Å². The molecule has 2 heterocycles. The summed E-state index contributed by atoms with van der Waals surface area (Å²) in [5.41, 5.74) is 4.85. The van der Waals surface area contributed by atoms with Gasteiger partial charge >= 0.3 is 5.97 Å². The highest BCUT2D eigenvalue weighted by Gasteiger charge is 2.50. The van der Waals surface area contributed by atoms with Gasteiger partial charge in [-0.3, -0.25) is 0 Å². The maximum Gasteiger partial charge on any atom is 0.328 e. The van der Waals surface area contributed by atoms with Gasteiger partial charge in [-0.15, -0.1) is 0 Å². The van der Waals surface area contributed by atoms with Gasteiger partial charge in [-0.05, 0) is 53.7 Å². The standard InChI is InChI=1S/C35H41NO3Si/c1-25(2)23-26-24-32(34(37)38-6)36-31-20-14-13-19-29(31)30(33(26)36)21-22-39-40(35(3,4)5,27-15-9-7-10-16-27)28-17-11-8-12-18-28/h7-20,23,26,32H,21-22,24H2,1-6H3/t26-,32+/m1/s1. The molecule has 0 unspecified atom stereocenters. The van der Waals surface area contributed by atoms with E-state index in [9.17, 15) is 4.79 Å². The molecule has 0 amide bonds. The predicted molar refractivity (Wildman–Crippen MR) is 167 cm³/mol.